The van der Waals surface area contributed by atoms with E-state index in [-0.39, 0.29) is 6.10 Å². The van der Waals surface area contributed by atoms with E-state index in [1.54, 1.807) is 13.4 Å². The van der Waals surface area contributed by atoms with Crippen LogP contribution in [0.15, 0.2) is 22.8 Å². The predicted octanol–water partition coefficient (Wildman–Crippen LogP) is 2.62. The van der Waals surface area contributed by atoms with Gasteiger partial charge in [-0.3, -0.25) is 0 Å². The highest BCUT2D eigenvalue weighted by Crippen LogP contribution is 2.12. The molecule has 0 aliphatic heterocycles. The SMILES string of the molecule is CCCC(OC)C(Cc1ccco1)NCC. The summed E-state index contributed by atoms with van der Waals surface area (Å²) in [5.74, 6) is 1.02. The number of nitrogens with one attached hydrogen (secondary N) is 1. The molecule has 0 fully saturated rings. The average molecular weight is 225 g/mol. The van der Waals surface area contributed by atoms with Crippen molar-refractivity contribution < 1.29 is 9.15 Å². The van der Waals surface area contributed by atoms with Gasteiger partial charge in [0.05, 0.1) is 12.4 Å². The number of hydrogen-bond acceptors (Lipinski definition) is 3. The summed E-state index contributed by atoms with van der Waals surface area (Å²) in [5, 5.41) is 3.47. The standard InChI is InChI=1S/C13H23NO2/c1-4-7-13(15-3)12(14-5-2)10-11-8-6-9-16-11/h6,8-9,12-14H,4-5,7,10H2,1-3H3. The van der Waals surface area contributed by atoms with Crippen LogP contribution in [0.4, 0.5) is 0 Å². The largest absolute Gasteiger partial charge is 0.469 e. The van der Waals surface area contributed by atoms with Gasteiger partial charge in [0.15, 0.2) is 0 Å². The van der Waals surface area contributed by atoms with Crippen molar-refractivity contribution in [1.82, 2.24) is 5.32 Å². The quantitative estimate of drug-likeness (QED) is 0.738. The number of furan rings is 1. The molecular weight excluding hydrogens is 202 g/mol. The van der Waals surface area contributed by atoms with Crippen molar-refractivity contribution in [2.24, 2.45) is 0 Å². The second-order valence-corrected chi connectivity index (χ2v) is 4.01. The van der Waals surface area contributed by atoms with Gasteiger partial charge in [0, 0.05) is 19.6 Å². The van der Waals surface area contributed by atoms with Crippen molar-refractivity contribution in [1.29, 1.82) is 0 Å². The van der Waals surface area contributed by atoms with Crippen LogP contribution in [0.25, 0.3) is 0 Å². The Hall–Kier alpha value is -0.800. The minimum Gasteiger partial charge on any atom is -0.469 e. The summed E-state index contributed by atoms with van der Waals surface area (Å²) < 4.78 is 10.9. The number of rotatable bonds is 8. The first-order chi connectivity index (χ1) is 7.81. The maximum absolute atomic E-state index is 5.55. The number of likely N-dealkylation sites (N-methyl/N-ethyl adjacent to an activating group) is 1. The van der Waals surface area contributed by atoms with Crippen LogP contribution in [0, 0.1) is 0 Å². The molecule has 0 aliphatic carbocycles. The molecule has 1 heterocycles. The topological polar surface area (TPSA) is 34.4 Å². The van der Waals surface area contributed by atoms with E-state index in [4.69, 9.17) is 9.15 Å². The van der Waals surface area contributed by atoms with Gasteiger partial charge in [-0.15, -0.1) is 0 Å². The molecule has 0 radical (unpaired) electrons. The normalized spacial score (nSPS) is 14.9. The minimum atomic E-state index is 0.259. The fourth-order valence-corrected chi connectivity index (χ4v) is 2.01. The smallest absolute Gasteiger partial charge is 0.105 e. The first kappa shape index (κ1) is 13.3. The highest BCUT2D eigenvalue weighted by atomic mass is 16.5. The molecule has 1 aromatic rings. The van der Waals surface area contributed by atoms with E-state index in [0.717, 1.165) is 31.6 Å². The summed E-state index contributed by atoms with van der Waals surface area (Å²) in [7, 11) is 1.78. The number of methoxy groups -OCH3 is 1. The highest BCUT2D eigenvalue weighted by Gasteiger charge is 2.20. The molecule has 1 rings (SSSR count). The third-order valence-electron chi connectivity index (χ3n) is 2.79. The van der Waals surface area contributed by atoms with Gasteiger partial charge >= 0.3 is 0 Å². The van der Waals surface area contributed by atoms with Crippen LogP contribution in [0.3, 0.4) is 0 Å². The van der Waals surface area contributed by atoms with E-state index in [1.807, 2.05) is 12.1 Å². The van der Waals surface area contributed by atoms with Gasteiger partial charge < -0.3 is 14.5 Å². The molecule has 0 aromatic carbocycles. The Morgan fingerprint density at radius 2 is 2.25 bits per heavy atom. The minimum absolute atomic E-state index is 0.259. The van der Waals surface area contributed by atoms with Crippen LogP contribution >= 0.6 is 0 Å². The summed E-state index contributed by atoms with van der Waals surface area (Å²) in [5.41, 5.74) is 0. The fraction of sp³-hybridized carbons (Fsp3) is 0.692. The zero-order chi connectivity index (χ0) is 11.8. The molecule has 92 valence electrons. The van der Waals surface area contributed by atoms with Crippen molar-refractivity contribution in [3.8, 4) is 0 Å². The lowest BCUT2D eigenvalue weighted by Crippen LogP contribution is -2.42. The number of hydrogen-bond donors (Lipinski definition) is 1. The molecule has 0 aliphatic rings. The Labute approximate surface area is 98.2 Å². The molecule has 3 nitrogen and oxygen atoms in total. The van der Waals surface area contributed by atoms with Gasteiger partial charge in [-0.2, -0.15) is 0 Å². The van der Waals surface area contributed by atoms with Crippen molar-refractivity contribution in [3.63, 3.8) is 0 Å². The third kappa shape index (κ3) is 3.99. The van der Waals surface area contributed by atoms with Crippen LogP contribution in [-0.2, 0) is 11.2 Å². The van der Waals surface area contributed by atoms with Crippen molar-refractivity contribution in [3.05, 3.63) is 24.2 Å². The molecule has 0 bridgehead atoms. The van der Waals surface area contributed by atoms with Gasteiger partial charge in [-0.25, -0.2) is 0 Å². The zero-order valence-corrected chi connectivity index (χ0v) is 10.5. The monoisotopic (exact) mass is 225 g/mol. The molecule has 2 atom stereocenters. The molecule has 0 amide bonds. The second kappa shape index (κ2) is 7.47. The molecule has 1 N–H and O–H groups in total. The fourth-order valence-electron chi connectivity index (χ4n) is 2.01. The Kier molecular flexibility index (Phi) is 6.19. The molecule has 0 spiro atoms. The molecule has 1 aromatic heterocycles. The van der Waals surface area contributed by atoms with Crippen LogP contribution in [-0.4, -0.2) is 25.8 Å². The van der Waals surface area contributed by atoms with Crippen LogP contribution < -0.4 is 5.32 Å². The molecule has 0 saturated heterocycles. The summed E-state index contributed by atoms with van der Waals surface area (Å²) in [6, 6.07) is 4.28. The van der Waals surface area contributed by atoms with Crippen LogP contribution in [0.1, 0.15) is 32.4 Å². The lowest BCUT2D eigenvalue weighted by Gasteiger charge is -2.25. The van der Waals surface area contributed by atoms with E-state index in [2.05, 4.69) is 19.2 Å². The van der Waals surface area contributed by atoms with Gasteiger partial charge in [0.2, 0.25) is 0 Å². The van der Waals surface area contributed by atoms with E-state index in [0.29, 0.717) is 6.04 Å². The van der Waals surface area contributed by atoms with Crippen molar-refractivity contribution in [2.75, 3.05) is 13.7 Å². The maximum atomic E-state index is 5.55. The first-order valence-corrected chi connectivity index (χ1v) is 6.10. The van der Waals surface area contributed by atoms with Crippen molar-refractivity contribution in [2.45, 2.75) is 45.3 Å². The van der Waals surface area contributed by atoms with Crippen LogP contribution in [0.5, 0.6) is 0 Å². The van der Waals surface area contributed by atoms with E-state index < -0.39 is 0 Å². The van der Waals surface area contributed by atoms with E-state index in [1.165, 1.54) is 0 Å². The van der Waals surface area contributed by atoms with Gasteiger partial charge in [0.1, 0.15) is 5.76 Å². The second-order valence-electron chi connectivity index (χ2n) is 4.01. The Balaban J connectivity index is 2.57. The van der Waals surface area contributed by atoms with Gasteiger partial charge in [0.25, 0.3) is 0 Å². The van der Waals surface area contributed by atoms with Crippen LogP contribution in [0.2, 0.25) is 0 Å². The molecule has 0 saturated carbocycles. The Morgan fingerprint density at radius 3 is 2.75 bits per heavy atom. The molecule has 2 unspecified atom stereocenters. The zero-order valence-electron chi connectivity index (χ0n) is 10.5. The van der Waals surface area contributed by atoms with Crippen molar-refractivity contribution >= 4 is 0 Å². The summed E-state index contributed by atoms with van der Waals surface area (Å²) >= 11 is 0. The Bertz CT molecular complexity index is 259. The summed E-state index contributed by atoms with van der Waals surface area (Å²) in [6.07, 6.45) is 5.09. The highest BCUT2D eigenvalue weighted by molar-refractivity contribution is 5.01. The molecule has 16 heavy (non-hydrogen) atoms. The predicted molar refractivity (Wildman–Crippen MR) is 65.6 cm³/mol. The third-order valence-corrected chi connectivity index (χ3v) is 2.79. The molecule has 3 heteroatoms. The average Bonchev–Trinajstić information content (AvgIpc) is 2.78. The Morgan fingerprint density at radius 1 is 1.44 bits per heavy atom. The lowest BCUT2D eigenvalue weighted by atomic mass is 10.0. The van der Waals surface area contributed by atoms with Gasteiger partial charge in [-0.05, 0) is 25.1 Å². The lowest BCUT2D eigenvalue weighted by molar-refractivity contribution is 0.0598. The van der Waals surface area contributed by atoms with Gasteiger partial charge in [-0.1, -0.05) is 20.3 Å². The maximum Gasteiger partial charge on any atom is 0.105 e. The van der Waals surface area contributed by atoms with E-state index in [9.17, 15) is 0 Å². The van der Waals surface area contributed by atoms with E-state index >= 15 is 0 Å². The summed E-state index contributed by atoms with van der Waals surface area (Å²) in [6.45, 7) is 5.25. The molecular formula is C13H23NO2. The number of ether oxygens (including phenoxy) is 1. The summed E-state index contributed by atoms with van der Waals surface area (Å²) in [4.78, 5) is 0. The first-order valence-electron chi connectivity index (χ1n) is 6.10.